The van der Waals surface area contributed by atoms with Gasteiger partial charge in [-0.25, -0.2) is 0 Å². The fourth-order valence-corrected chi connectivity index (χ4v) is 2.74. The number of aryl methyl sites for hydroxylation is 1. The molecule has 0 amide bonds. The Bertz CT molecular complexity index is 586. The highest BCUT2D eigenvalue weighted by atomic mass is 79.9. The first-order chi connectivity index (χ1) is 10.1. The van der Waals surface area contributed by atoms with Crippen LogP contribution in [-0.4, -0.2) is 23.4 Å². The maximum absolute atomic E-state index is 12.2. The first kappa shape index (κ1) is 15.9. The average molecular weight is 360 g/mol. The number of nitrogens with one attached hydrogen (secondary N) is 1. The maximum atomic E-state index is 12.2. The van der Waals surface area contributed by atoms with E-state index in [4.69, 9.17) is 0 Å². The van der Waals surface area contributed by atoms with Gasteiger partial charge in [-0.2, -0.15) is 13.9 Å². The molecule has 2 aromatic rings. The van der Waals surface area contributed by atoms with Crippen molar-refractivity contribution >= 4 is 15.9 Å². The molecule has 2 rings (SSSR count). The molecule has 0 radical (unpaired) electrons. The predicted octanol–water partition coefficient (Wildman–Crippen LogP) is 3.58. The zero-order valence-corrected chi connectivity index (χ0v) is 13.3. The highest BCUT2D eigenvalue weighted by Crippen LogP contribution is 2.29. The van der Waals surface area contributed by atoms with E-state index < -0.39 is 6.61 Å². The van der Waals surface area contributed by atoms with Gasteiger partial charge in [-0.1, -0.05) is 12.1 Å². The summed E-state index contributed by atoms with van der Waals surface area (Å²) >= 11 is 3.50. The molecule has 0 spiro atoms. The molecule has 1 aromatic heterocycles. The number of halogens is 3. The van der Waals surface area contributed by atoms with E-state index in [1.165, 1.54) is 12.1 Å². The van der Waals surface area contributed by atoms with Gasteiger partial charge in [0.2, 0.25) is 0 Å². The van der Waals surface area contributed by atoms with E-state index in [1.54, 1.807) is 18.3 Å². The number of nitrogens with zero attached hydrogens (tertiary/aromatic N) is 2. The number of alkyl halides is 2. The second-order valence-electron chi connectivity index (χ2n) is 4.36. The summed E-state index contributed by atoms with van der Waals surface area (Å²) in [6.45, 7) is -0.0624. The smallest absolute Gasteiger partial charge is 0.387 e. The van der Waals surface area contributed by atoms with Crippen LogP contribution in [0.2, 0.25) is 0 Å². The topological polar surface area (TPSA) is 39.1 Å². The van der Waals surface area contributed by atoms with Crippen molar-refractivity contribution in [1.29, 1.82) is 0 Å². The van der Waals surface area contributed by atoms with Gasteiger partial charge in [0, 0.05) is 6.54 Å². The first-order valence-corrected chi connectivity index (χ1v) is 7.29. The summed E-state index contributed by atoms with van der Waals surface area (Å²) in [5, 5.41) is 7.51. The second-order valence-corrected chi connectivity index (χ2v) is 5.22. The Hall–Kier alpha value is -1.47. The molecule has 1 aromatic carbocycles. The van der Waals surface area contributed by atoms with Crippen molar-refractivity contribution in [2.45, 2.75) is 26.1 Å². The van der Waals surface area contributed by atoms with E-state index in [2.05, 4.69) is 31.1 Å². The van der Waals surface area contributed by atoms with Crippen LogP contribution < -0.4 is 10.1 Å². The van der Waals surface area contributed by atoms with E-state index in [-0.39, 0.29) is 11.8 Å². The van der Waals surface area contributed by atoms with Gasteiger partial charge in [-0.15, -0.1) is 0 Å². The zero-order chi connectivity index (χ0) is 15.4. The van der Waals surface area contributed by atoms with Gasteiger partial charge in [0.15, 0.2) is 0 Å². The lowest BCUT2D eigenvalue weighted by Crippen LogP contribution is -2.21. The standard InChI is InChI=1S/C14H16BrF2N3O/c1-3-20-13(11(15)8-19-20)12(18-2)9-4-6-10(7-5-9)21-14(16)17/h4-8,12,14,18H,3H2,1-2H3. The minimum atomic E-state index is -2.81. The molecule has 1 atom stereocenters. The Labute approximate surface area is 130 Å². The van der Waals surface area contributed by atoms with Gasteiger partial charge in [0.25, 0.3) is 0 Å². The summed E-state index contributed by atoms with van der Waals surface area (Å²) in [7, 11) is 1.84. The second kappa shape index (κ2) is 7.00. The molecule has 7 heteroatoms. The molecule has 0 saturated heterocycles. The third-order valence-electron chi connectivity index (χ3n) is 3.13. The summed E-state index contributed by atoms with van der Waals surface area (Å²) < 4.78 is 31.5. The Kier molecular flexibility index (Phi) is 5.30. The van der Waals surface area contributed by atoms with E-state index in [0.717, 1.165) is 22.3 Å². The van der Waals surface area contributed by atoms with Crippen LogP contribution in [0.5, 0.6) is 5.75 Å². The van der Waals surface area contributed by atoms with Crippen LogP contribution in [0.4, 0.5) is 8.78 Å². The summed E-state index contributed by atoms with van der Waals surface area (Å²) in [5.41, 5.74) is 1.93. The van der Waals surface area contributed by atoms with Crippen molar-refractivity contribution in [2.75, 3.05) is 7.05 Å². The van der Waals surface area contributed by atoms with Gasteiger partial charge in [0.1, 0.15) is 5.75 Å². The Morgan fingerprint density at radius 3 is 2.52 bits per heavy atom. The van der Waals surface area contributed by atoms with Crippen molar-refractivity contribution in [2.24, 2.45) is 0 Å². The molecule has 114 valence electrons. The fraction of sp³-hybridized carbons (Fsp3) is 0.357. The molecule has 0 aliphatic heterocycles. The van der Waals surface area contributed by atoms with Crippen molar-refractivity contribution in [3.8, 4) is 5.75 Å². The van der Waals surface area contributed by atoms with Crippen LogP contribution in [0, 0.1) is 0 Å². The van der Waals surface area contributed by atoms with E-state index in [0.29, 0.717) is 0 Å². The molecular formula is C14H16BrF2N3O. The normalized spacial score (nSPS) is 12.7. The molecule has 0 bridgehead atoms. The number of rotatable bonds is 6. The van der Waals surface area contributed by atoms with E-state index in [1.807, 2.05) is 18.7 Å². The minimum absolute atomic E-state index is 0.0950. The van der Waals surface area contributed by atoms with Crippen LogP contribution in [0.1, 0.15) is 24.2 Å². The Balaban J connectivity index is 2.31. The van der Waals surface area contributed by atoms with Crippen LogP contribution in [0.15, 0.2) is 34.9 Å². The number of hydrogen-bond donors (Lipinski definition) is 1. The van der Waals surface area contributed by atoms with Crippen LogP contribution in [0.25, 0.3) is 0 Å². The summed E-state index contributed by atoms with van der Waals surface area (Å²) in [4.78, 5) is 0. The van der Waals surface area contributed by atoms with Gasteiger partial charge in [-0.3, -0.25) is 4.68 Å². The van der Waals surface area contributed by atoms with Gasteiger partial charge in [-0.05, 0) is 47.6 Å². The molecular weight excluding hydrogens is 344 g/mol. The van der Waals surface area contributed by atoms with Crippen LogP contribution in [0.3, 0.4) is 0 Å². The SMILES string of the molecule is CCn1ncc(Br)c1C(NC)c1ccc(OC(F)F)cc1. The lowest BCUT2D eigenvalue weighted by Gasteiger charge is -2.19. The molecule has 1 heterocycles. The summed E-state index contributed by atoms with van der Waals surface area (Å²) in [6, 6.07) is 6.50. The quantitative estimate of drug-likeness (QED) is 0.856. The molecule has 1 unspecified atom stereocenters. The van der Waals surface area contributed by atoms with Gasteiger partial charge < -0.3 is 10.1 Å². The van der Waals surface area contributed by atoms with E-state index >= 15 is 0 Å². The highest BCUT2D eigenvalue weighted by molar-refractivity contribution is 9.10. The average Bonchev–Trinajstić information content (AvgIpc) is 2.82. The lowest BCUT2D eigenvalue weighted by molar-refractivity contribution is -0.0498. The zero-order valence-electron chi connectivity index (χ0n) is 11.7. The van der Waals surface area contributed by atoms with Gasteiger partial charge in [0.05, 0.1) is 22.4 Å². The number of benzene rings is 1. The van der Waals surface area contributed by atoms with E-state index in [9.17, 15) is 8.78 Å². The Morgan fingerprint density at radius 2 is 2.00 bits per heavy atom. The van der Waals surface area contributed by atoms with Crippen LogP contribution in [-0.2, 0) is 6.54 Å². The van der Waals surface area contributed by atoms with Crippen molar-refractivity contribution < 1.29 is 13.5 Å². The molecule has 0 aliphatic rings. The molecule has 1 N–H and O–H groups in total. The van der Waals surface area contributed by atoms with Crippen molar-refractivity contribution in [1.82, 2.24) is 15.1 Å². The fourth-order valence-electron chi connectivity index (χ4n) is 2.21. The first-order valence-electron chi connectivity index (χ1n) is 6.50. The molecule has 4 nitrogen and oxygen atoms in total. The van der Waals surface area contributed by atoms with Crippen molar-refractivity contribution in [3.63, 3.8) is 0 Å². The molecule has 0 aliphatic carbocycles. The third kappa shape index (κ3) is 3.59. The number of ether oxygens (including phenoxy) is 1. The van der Waals surface area contributed by atoms with Crippen LogP contribution >= 0.6 is 15.9 Å². The molecule has 0 saturated carbocycles. The molecule has 0 fully saturated rings. The van der Waals surface area contributed by atoms with Crippen molar-refractivity contribution in [3.05, 3.63) is 46.2 Å². The monoisotopic (exact) mass is 359 g/mol. The predicted molar refractivity (Wildman–Crippen MR) is 79.6 cm³/mol. The highest BCUT2D eigenvalue weighted by Gasteiger charge is 2.20. The lowest BCUT2D eigenvalue weighted by atomic mass is 10.0. The summed E-state index contributed by atoms with van der Waals surface area (Å²) in [5.74, 6) is 0.145. The minimum Gasteiger partial charge on any atom is -0.435 e. The third-order valence-corrected chi connectivity index (χ3v) is 3.74. The maximum Gasteiger partial charge on any atom is 0.387 e. The number of aromatic nitrogens is 2. The summed E-state index contributed by atoms with van der Waals surface area (Å²) in [6.07, 6.45) is 1.75. The van der Waals surface area contributed by atoms with Gasteiger partial charge >= 0.3 is 6.61 Å². The largest absolute Gasteiger partial charge is 0.435 e. The molecule has 21 heavy (non-hydrogen) atoms. The Morgan fingerprint density at radius 1 is 1.33 bits per heavy atom. The number of hydrogen-bond acceptors (Lipinski definition) is 3.